The van der Waals surface area contributed by atoms with Crippen molar-refractivity contribution in [3.05, 3.63) is 35.4 Å². The lowest BCUT2D eigenvalue weighted by Gasteiger charge is -2.06. The van der Waals surface area contributed by atoms with Crippen molar-refractivity contribution < 1.29 is 8.42 Å². The van der Waals surface area contributed by atoms with Gasteiger partial charge in [-0.2, -0.15) is 5.26 Å². The molecule has 0 heterocycles. The van der Waals surface area contributed by atoms with Crippen molar-refractivity contribution in [2.75, 3.05) is 13.1 Å². The van der Waals surface area contributed by atoms with Crippen LogP contribution in [0.3, 0.4) is 0 Å². The lowest BCUT2D eigenvalue weighted by Crippen LogP contribution is -2.26. The first-order valence-electron chi connectivity index (χ1n) is 5.74. The first-order chi connectivity index (χ1) is 8.57. The fourth-order valence-electron chi connectivity index (χ4n) is 1.44. The molecule has 0 aliphatic carbocycles. The molecule has 0 aliphatic heterocycles. The van der Waals surface area contributed by atoms with Crippen molar-refractivity contribution in [2.24, 2.45) is 5.73 Å². The molecule has 0 atom stereocenters. The molecule has 0 saturated heterocycles. The van der Waals surface area contributed by atoms with Crippen LogP contribution >= 0.6 is 0 Å². The molecule has 0 aromatic heterocycles. The highest BCUT2D eigenvalue weighted by Crippen LogP contribution is 2.07. The number of benzene rings is 1. The van der Waals surface area contributed by atoms with E-state index in [2.05, 4.69) is 4.72 Å². The fourth-order valence-corrected chi connectivity index (χ4v) is 2.63. The Hall–Kier alpha value is -1.42. The van der Waals surface area contributed by atoms with Crippen LogP contribution in [0.4, 0.5) is 0 Å². The maximum atomic E-state index is 11.7. The zero-order valence-electron chi connectivity index (χ0n) is 10.1. The smallest absolute Gasteiger partial charge is 0.215 e. The molecule has 0 saturated carbocycles. The molecule has 3 N–H and O–H groups in total. The summed E-state index contributed by atoms with van der Waals surface area (Å²) in [6, 6.07) is 8.51. The van der Waals surface area contributed by atoms with Gasteiger partial charge in [-0.05, 0) is 37.1 Å². The first kappa shape index (κ1) is 14.6. The highest BCUT2D eigenvalue weighted by atomic mass is 32.2. The number of nitrogens with two attached hydrogens (primary N) is 1. The second-order valence-electron chi connectivity index (χ2n) is 3.96. The number of unbranched alkanes of at least 4 members (excludes halogenated alkanes) is 1. The average Bonchev–Trinajstić information content (AvgIpc) is 2.35. The van der Waals surface area contributed by atoms with Gasteiger partial charge in [0.05, 0.1) is 17.4 Å². The Kier molecular flexibility index (Phi) is 5.78. The molecule has 0 fully saturated rings. The van der Waals surface area contributed by atoms with Gasteiger partial charge >= 0.3 is 0 Å². The van der Waals surface area contributed by atoms with E-state index in [1.165, 1.54) is 0 Å². The van der Waals surface area contributed by atoms with Gasteiger partial charge in [-0.3, -0.25) is 0 Å². The molecule has 0 amide bonds. The maximum Gasteiger partial charge on any atom is 0.215 e. The molecule has 1 aromatic rings. The highest BCUT2D eigenvalue weighted by Gasteiger charge is 2.10. The van der Waals surface area contributed by atoms with Crippen LogP contribution in [-0.4, -0.2) is 21.5 Å². The number of nitrogens with one attached hydrogen (secondary N) is 1. The van der Waals surface area contributed by atoms with Gasteiger partial charge in [-0.15, -0.1) is 0 Å². The van der Waals surface area contributed by atoms with E-state index in [9.17, 15) is 8.42 Å². The summed E-state index contributed by atoms with van der Waals surface area (Å²) in [5.74, 6) is -0.0681. The SMILES string of the molecule is N#Cc1ccc(CS(=O)(=O)NCCCCN)cc1. The van der Waals surface area contributed by atoms with Crippen molar-refractivity contribution >= 4 is 10.0 Å². The van der Waals surface area contributed by atoms with Crippen LogP contribution in [-0.2, 0) is 15.8 Å². The molecule has 0 unspecified atom stereocenters. The van der Waals surface area contributed by atoms with Gasteiger partial charge in [0.2, 0.25) is 10.0 Å². The summed E-state index contributed by atoms with van der Waals surface area (Å²) in [5, 5.41) is 8.64. The number of rotatable bonds is 7. The van der Waals surface area contributed by atoms with Gasteiger partial charge in [0.25, 0.3) is 0 Å². The van der Waals surface area contributed by atoms with E-state index in [1.54, 1.807) is 24.3 Å². The van der Waals surface area contributed by atoms with E-state index in [-0.39, 0.29) is 5.75 Å². The molecular weight excluding hydrogens is 250 g/mol. The summed E-state index contributed by atoms with van der Waals surface area (Å²) in [5.41, 5.74) is 6.51. The maximum absolute atomic E-state index is 11.7. The summed E-state index contributed by atoms with van der Waals surface area (Å²) in [6.07, 6.45) is 1.54. The summed E-state index contributed by atoms with van der Waals surface area (Å²) < 4.78 is 25.9. The normalized spacial score (nSPS) is 11.1. The zero-order valence-corrected chi connectivity index (χ0v) is 10.9. The van der Waals surface area contributed by atoms with Gasteiger partial charge in [0.1, 0.15) is 0 Å². The van der Waals surface area contributed by atoms with Gasteiger partial charge in [-0.1, -0.05) is 12.1 Å². The molecule has 0 radical (unpaired) electrons. The third-order valence-corrected chi connectivity index (χ3v) is 3.75. The number of sulfonamides is 1. The van der Waals surface area contributed by atoms with E-state index in [0.717, 1.165) is 12.8 Å². The van der Waals surface area contributed by atoms with Crippen LogP contribution < -0.4 is 10.5 Å². The fraction of sp³-hybridized carbons (Fsp3) is 0.417. The molecule has 5 nitrogen and oxygen atoms in total. The van der Waals surface area contributed by atoms with Crippen LogP contribution in [0.1, 0.15) is 24.0 Å². The van der Waals surface area contributed by atoms with E-state index in [4.69, 9.17) is 11.0 Å². The van der Waals surface area contributed by atoms with E-state index in [0.29, 0.717) is 24.2 Å². The molecule has 1 aromatic carbocycles. The molecule has 0 spiro atoms. The number of nitrogens with zero attached hydrogens (tertiary/aromatic N) is 1. The minimum absolute atomic E-state index is 0.0681. The number of nitriles is 1. The van der Waals surface area contributed by atoms with Crippen molar-refractivity contribution in [2.45, 2.75) is 18.6 Å². The first-order valence-corrected chi connectivity index (χ1v) is 7.39. The Labute approximate surface area is 108 Å². The predicted molar refractivity (Wildman–Crippen MR) is 70.1 cm³/mol. The average molecular weight is 267 g/mol. The topological polar surface area (TPSA) is 96.0 Å². The summed E-state index contributed by atoms with van der Waals surface area (Å²) in [6.45, 7) is 0.979. The van der Waals surface area contributed by atoms with Crippen molar-refractivity contribution in [1.29, 1.82) is 5.26 Å². The van der Waals surface area contributed by atoms with Gasteiger partial charge in [0.15, 0.2) is 0 Å². The Morgan fingerprint density at radius 2 is 1.89 bits per heavy atom. The largest absolute Gasteiger partial charge is 0.330 e. The van der Waals surface area contributed by atoms with Crippen molar-refractivity contribution in [3.63, 3.8) is 0 Å². The Morgan fingerprint density at radius 1 is 1.22 bits per heavy atom. The monoisotopic (exact) mass is 267 g/mol. The van der Waals surface area contributed by atoms with Crippen molar-refractivity contribution in [1.82, 2.24) is 4.72 Å². The lowest BCUT2D eigenvalue weighted by atomic mass is 10.2. The van der Waals surface area contributed by atoms with E-state index >= 15 is 0 Å². The molecule has 0 bridgehead atoms. The van der Waals surface area contributed by atoms with E-state index in [1.807, 2.05) is 6.07 Å². The Morgan fingerprint density at radius 3 is 2.44 bits per heavy atom. The molecule has 0 aliphatic rings. The van der Waals surface area contributed by atoms with Gasteiger partial charge in [-0.25, -0.2) is 13.1 Å². The van der Waals surface area contributed by atoms with Crippen LogP contribution in [0.25, 0.3) is 0 Å². The van der Waals surface area contributed by atoms with E-state index < -0.39 is 10.0 Å². The molecule has 98 valence electrons. The van der Waals surface area contributed by atoms with Crippen LogP contribution in [0, 0.1) is 11.3 Å². The molecule has 18 heavy (non-hydrogen) atoms. The van der Waals surface area contributed by atoms with Crippen LogP contribution in [0.2, 0.25) is 0 Å². The Bertz CT molecular complexity index is 503. The Balaban J connectivity index is 2.51. The van der Waals surface area contributed by atoms with Crippen molar-refractivity contribution in [3.8, 4) is 6.07 Å². The third kappa shape index (κ3) is 5.27. The predicted octanol–water partition coefficient (Wildman–Crippen LogP) is 0.717. The number of hydrogen-bond donors (Lipinski definition) is 2. The zero-order chi connectivity index (χ0) is 13.4. The minimum Gasteiger partial charge on any atom is -0.330 e. The van der Waals surface area contributed by atoms with Crippen LogP contribution in [0.5, 0.6) is 0 Å². The third-order valence-electron chi connectivity index (χ3n) is 2.39. The summed E-state index contributed by atoms with van der Waals surface area (Å²) in [7, 11) is -3.31. The summed E-state index contributed by atoms with van der Waals surface area (Å²) in [4.78, 5) is 0. The molecular formula is C12H17N3O2S. The van der Waals surface area contributed by atoms with Gasteiger partial charge in [0, 0.05) is 6.54 Å². The van der Waals surface area contributed by atoms with Gasteiger partial charge < -0.3 is 5.73 Å². The second-order valence-corrected chi connectivity index (χ2v) is 5.76. The molecule has 6 heteroatoms. The standard InChI is InChI=1S/C12H17N3O2S/c13-7-1-2-8-15-18(16,17)10-12-5-3-11(9-14)4-6-12/h3-6,15H,1-2,7-8,10,13H2. The molecule has 1 rings (SSSR count). The van der Waals surface area contributed by atoms with Crippen LogP contribution in [0.15, 0.2) is 24.3 Å². The summed E-state index contributed by atoms with van der Waals surface area (Å²) >= 11 is 0. The highest BCUT2D eigenvalue weighted by molar-refractivity contribution is 7.88. The number of hydrogen-bond acceptors (Lipinski definition) is 4. The second kappa shape index (κ2) is 7.11. The quantitative estimate of drug-likeness (QED) is 0.711. The lowest BCUT2D eigenvalue weighted by molar-refractivity contribution is 0.576. The minimum atomic E-state index is -3.31.